The van der Waals surface area contributed by atoms with Gasteiger partial charge in [0, 0.05) is 43.8 Å². The van der Waals surface area contributed by atoms with E-state index in [0.717, 1.165) is 25.9 Å². The number of rotatable bonds is 2. The molecule has 2 saturated heterocycles. The molecule has 0 aliphatic carbocycles. The Kier molecular flexibility index (Phi) is 4.91. The van der Waals surface area contributed by atoms with Crippen molar-refractivity contribution in [3.8, 4) is 0 Å². The van der Waals surface area contributed by atoms with E-state index in [-0.39, 0.29) is 11.6 Å². The van der Waals surface area contributed by atoms with Gasteiger partial charge < -0.3 is 16.0 Å². The quantitative estimate of drug-likeness (QED) is 0.804. The van der Waals surface area contributed by atoms with Gasteiger partial charge in [0.15, 0.2) is 0 Å². The molecule has 0 saturated carbocycles. The number of nitrogens with one attached hydrogen (secondary N) is 1. The van der Waals surface area contributed by atoms with Gasteiger partial charge >= 0.3 is 6.03 Å². The fourth-order valence-electron chi connectivity index (χ4n) is 3.32. The summed E-state index contributed by atoms with van der Waals surface area (Å²) in [7, 11) is 0. The van der Waals surface area contributed by atoms with E-state index in [9.17, 15) is 4.79 Å². The van der Waals surface area contributed by atoms with Gasteiger partial charge in [-0.1, -0.05) is 0 Å². The van der Waals surface area contributed by atoms with Gasteiger partial charge in [-0.25, -0.2) is 4.79 Å². The zero-order chi connectivity index (χ0) is 14.8. The molecule has 0 atom stereocenters. The number of carbonyl (C=O) groups excluding carboxylic acids is 1. The molecule has 0 aromatic rings. The Morgan fingerprint density at radius 3 is 1.85 bits per heavy atom. The highest BCUT2D eigenvalue weighted by atomic mass is 16.2. The van der Waals surface area contributed by atoms with Crippen LogP contribution in [-0.4, -0.2) is 59.6 Å². The Balaban J connectivity index is 1.70. The van der Waals surface area contributed by atoms with Gasteiger partial charge in [-0.05, 0) is 46.5 Å². The minimum atomic E-state index is -0.276. The lowest BCUT2D eigenvalue weighted by Crippen LogP contribution is -2.53. The van der Waals surface area contributed by atoms with Gasteiger partial charge in [-0.3, -0.25) is 4.90 Å². The number of urea groups is 1. The SMILES string of the molecule is CC(C)(C)N1CCC(NC2CCN(C(N)=O)CC2)CC1. The van der Waals surface area contributed by atoms with E-state index in [1.54, 1.807) is 4.90 Å². The lowest BCUT2D eigenvalue weighted by atomic mass is 9.96. The molecule has 0 unspecified atom stereocenters. The molecule has 5 nitrogen and oxygen atoms in total. The molecule has 2 aliphatic heterocycles. The van der Waals surface area contributed by atoms with Gasteiger partial charge in [0.1, 0.15) is 0 Å². The fraction of sp³-hybridized carbons (Fsp3) is 0.933. The number of carbonyl (C=O) groups is 1. The molecule has 2 fully saturated rings. The summed E-state index contributed by atoms with van der Waals surface area (Å²) in [6.07, 6.45) is 4.52. The van der Waals surface area contributed by atoms with E-state index in [0.29, 0.717) is 12.1 Å². The summed E-state index contributed by atoms with van der Waals surface area (Å²) in [5, 5.41) is 3.78. The van der Waals surface area contributed by atoms with Crippen LogP contribution in [0.5, 0.6) is 0 Å². The molecule has 2 heterocycles. The lowest BCUT2D eigenvalue weighted by molar-refractivity contribution is 0.0906. The second kappa shape index (κ2) is 6.31. The number of amides is 2. The second-order valence-electron chi connectivity index (χ2n) is 7.20. The van der Waals surface area contributed by atoms with Gasteiger partial charge in [0.05, 0.1) is 0 Å². The number of hydrogen-bond donors (Lipinski definition) is 2. The van der Waals surface area contributed by atoms with Crippen LogP contribution in [0.25, 0.3) is 0 Å². The summed E-state index contributed by atoms with van der Waals surface area (Å²) in [6.45, 7) is 10.8. The third kappa shape index (κ3) is 4.09. The van der Waals surface area contributed by atoms with Crippen molar-refractivity contribution < 1.29 is 4.79 Å². The van der Waals surface area contributed by atoms with Crippen molar-refractivity contribution in [3.63, 3.8) is 0 Å². The van der Waals surface area contributed by atoms with Crippen molar-refractivity contribution in [2.24, 2.45) is 5.73 Å². The van der Waals surface area contributed by atoms with Crippen LogP contribution in [0.4, 0.5) is 4.79 Å². The molecular weight excluding hydrogens is 252 g/mol. The molecule has 0 radical (unpaired) electrons. The van der Waals surface area contributed by atoms with Crippen molar-refractivity contribution in [1.29, 1.82) is 0 Å². The zero-order valence-electron chi connectivity index (χ0n) is 13.2. The van der Waals surface area contributed by atoms with Crippen LogP contribution in [0, 0.1) is 0 Å². The Morgan fingerprint density at radius 1 is 1.00 bits per heavy atom. The molecule has 2 rings (SSSR count). The number of piperidine rings is 2. The maximum atomic E-state index is 11.1. The highest BCUT2D eigenvalue weighted by Crippen LogP contribution is 2.21. The molecule has 0 spiro atoms. The van der Waals surface area contributed by atoms with Gasteiger partial charge in [0.25, 0.3) is 0 Å². The Hall–Kier alpha value is -0.810. The molecule has 20 heavy (non-hydrogen) atoms. The van der Waals surface area contributed by atoms with E-state index in [4.69, 9.17) is 5.73 Å². The smallest absolute Gasteiger partial charge is 0.314 e. The molecule has 2 aliphatic rings. The Bertz CT molecular complexity index is 323. The number of likely N-dealkylation sites (tertiary alicyclic amines) is 2. The third-order valence-corrected chi connectivity index (χ3v) is 4.72. The van der Waals surface area contributed by atoms with Crippen LogP contribution < -0.4 is 11.1 Å². The number of primary amides is 1. The number of nitrogens with two attached hydrogens (primary N) is 1. The van der Waals surface area contributed by atoms with Crippen molar-refractivity contribution in [2.45, 2.75) is 64.1 Å². The lowest BCUT2D eigenvalue weighted by Gasteiger charge is -2.42. The summed E-state index contributed by atoms with van der Waals surface area (Å²) in [5.41, 5.74) is 5.60. The summed E-state index contributed by atoms with van der Waals surface area (Å²) in [6, 6.07) is 0.914. The first kappa shape index (κ1) is 15.6. The topological polar surface area (TPSA) is 61.6 Å². The first-order chi connectivity index (χ1) is 9.36. The first-order valence-corrected chi connectivity index (χ1v) is 7.92. The van der Waals surface area contributed by atoms with E-state index >= 15 is 0 Å². The predicted octanol–water partition coefficient (Wildman–Crippen LogP) is 1.38. The predicted molar refractivity (Wildman–Crippen MR) is 81.7 cm³/mol. The Labute approximate surface area is 122 Å². The fourth-order valence-corrected chi connectivity index (χ4v) is 3.32. The van der Waals surface area contributed by atoms with E-state index in [1.807, 2.05) is 0 Å². The van der Waals surface area contributed by atoms with Crippen molar-refractivity contribution >= 4 is 6.03 Å². The molecule has 3 N–H and O–H groups in total. The van der Waals surface area contributed by atoms with Crippen molar-refractivity contribution in [3.05, 3.63) is 0 Å². The third-order valence-electron chi connectivity index (χ3n) is 4.72. The maximum absolute atomic E-state index is 11.1. The first-order valence-electron chi connectivity index (χ1n) is 7.92. The zero-order valence-corrected chi connectivity index (χ0v) is 13.2. The summed E-state index contributed by atoms with van der Waals surface area (Å²) in [4.78, 5) is 15.4. The largest absolute Gasteiger partial charge is 0.351 e. The van der Waals surface area contributed by atoms with Crippen LogP contribution >= 0.6 is 0 Å². The van der Waals surface area contributed by atoms with Crippen molar-refractivity contribution in [1.82, 2.24) is 15.1 Å². The molecule has 0 aromatic carbocycles. The monoisotopic (exact) mass is 282 g/mol. The summed E-state index contributed by atoms with van der Waals surface area (Å²) in [5.74, 6) is 0. The van der Waals surface area contributed by atoms with Crippen LogP contribution in [0.15, 0.2) is 0 Å². The molecule has 0 bridgehead atoms. The van der Waals surface area contributed by atoms with Gasteiger partial charge in [-0.15, -0.1) is 0 Å². The Morgan fingerprint density at radius 2 is 1.45 bits per heavy atom. The average molecular weight is 282 g/mol. The molecular formula is C15H30N4O. The molecule has 2 amide bonds. The van der Waals surface area contributed by atoms with Crippen LogP contribution in [0.3, 0.4) is 0 Å². The summed E-state index contributed by atoms with van der Waals surface area (Å²) < 4.78 is 0. The van der Waals surface area contributed by atoms with E-state index in [2.05, 4.69) is 31.0 Å². The van der Waals surface area contributed by atoms with Gasteiger partial charge in [0.2, 0.25) is 0 Å². The van der Waals surface area contributed by atoms with E-state index < -0.39 is 0 Å². The van der Waals surface area contributed by atoms with Crippen molar-refractivity contribution in [2.75, 3.05) is 26.2 Å². The highest BCUT2D eigenvalue weighted by molar-refractivity contribution is 5.72. The van der Waals surface area contributed by atoms with Gasteiger partial charge in [-0.2, -0.15) is 0 Å². The molecule has 116 valence electrons. The van der Waals surface area contributed by atoms with Crippen LogP contribution in [-0.2, 0) is 0 Å². The highest BCUT2D eigenvalue weighted by Gasteiger charge is 2.29. The number of nitrogens with zero attached hydrogens (tertiary/aromatic N) is 2. The standard InChI is InChI=1S/C15H30N4O/c1-15(2,3)19-10-6-13(7-11-19)17-12-4-8-18(9-5-12)14(16)20/h12-13,17H,4-11H2,1-3H3,(H2,16,20). The molecule has 5 heteroatoms. The van der Waals surface area contributed by atoms with Crippen LogP contribution in [0.1, 0.15) is 46.5 Å². The second-order valence-corrected chi connectivity index (χ2v) is 7.20. The molecule has 0 aromatic heterocycles. The average Bonchev–Trinajstić information content (AvgIpc) is 2.39. The number of hydrogen-bond acceptors (Lipinski definition) is 3. The van der Waals surface area contributed by atoms with E-state index in [1.165, 1.54) is 25.9 Å². The minimum absolute atomic E-state index is 0.276. The summed E-state index contributed by atoms with van der Waals surface area (Å²) >= 11 is 0. The van der Waals surface area contributed by atoms with Crippen LogP contribution in [0.2, 0.25) is 0 Å². The normalized spacial score (nSPS) is 24.1. The minimum Gasteiger partial charge on any atom is -0.351 e. The maximum Gasteiger partial charge on any atom is 0.314 e.